The van der Waals surface area contributed by atoms with Gasteiger partial charge in [-0.05, 0) is 67.6 Å². The molecule has 3 amide bonds. The summed E-state index contributed by atoms with van der Waals surface area (Å²) in [6.45, 7) is 20.2. The fraction of sp³-hybridized carbons (Fsp3) is 0.854. The van der Waals surface area contributed by atoms with E-state index in [-0.39, 0.29) is 76.9 Å². The van der Waals surface area contributed by atoms with E-state index in [1.165, 1.54) is 0 Å². The molecule has 0 aromatic heterocycles. The number of piperazine rings is 1. The van der Waals surface area contributed by atoms with E-state index in [9.17, 15) is 28.8 Å². The van der Waals surface area contributed by atoms with E-state index in [2.05, 4.69) is 33.0 Å². The minimum Gasteiger partial charge on any atom is -0.363 e. The molecule has 5 rings (SSSR count). The van der Waals surface area contributed by atoms with E-state index < -0.39 is 40.9 Å². The van der Waals surface area contributed by atoms with Crippen LogP contribution in [0.15, 0.2) is 0 Å². The Bertz CT molecular complexity index is 1400. The highest BCUT2D eigenvalue weighted by Gasteiger charge is 2.85. The third kappa shape index (κ3) is 7.20. The quantitative estimate of drug-likeness (QED) is 0.239. The van der Waals surface area contributed by atoms with Gasteiger partial charge in [-0.2, -0.15) is 0 Å². The van der Waals surface area contributed by atoms with Crippen LogP contribution in [0.25, 0.3) is 0 Å². The Morgan fingerprint density at radius 3 is 1.92 bits per heavy atom. The maximum atomic E-state index is 14.9. The Kier molecular flexibility index (Phi) is 11.1. The normalized spacial score (nSPS) is 30.0. The van der Waals surface area contributed by atoms with Crippen molar-refractivity contribution in [2.75, 3.05) is 19.6 Å². The molecule has 10 heteroatoms. The fourth-order valence-corrected chi connectivity index (χ4v) is 11.0. The van der Waals surface area contributed by atoms with Crippen molar-refractivity contribution in [1.29, 1.82) is 0 Å². The Labute approximate surface area is 306 Å². The molecule has 3 N–H and O–H groups in total. The second-order valence-electron chi connectivity index (χ2n) is 19.4. The average molecular weight is 711 g/mol. The zero-order valence-electron chi connectivity index (χ0n) is 32.9. The standard InChI is InChI=1S/C41H66N4O6/c1-24(2)30(36(50)44-21-25(3)43-26(4)22-44)18-29(46)19-31(38(5,6)7)37(51)45-23-41(39(8,9)40(41)14-11-15-40)20-32(45)33(47)17-28(34(48)35(42)49)16-27-12-10-13-27/h24-28,30-32,43H,10-23H2,1-9H3,(H2,42,49)/t25-,26-,28?,30-,31+,32-,41+/m0/s1. The summed E-state index contributed by atoms with van der Waals surface area (Å²) in [5, 5.41) is 3.46. The van der Waals surface area contributed by atoms with Crippen LogP contribution in [0.3, 0.4) is 0 Å². The van der Waals surface area contributed by atoms with Crippen molar-refractivity contribution in [2.24, 2.45) is 57.0 Å². The number of nitrogens with zero attached hydrogens (tertiary/aromatic N) is 2. The van der Waals surface area contributed by atoms with Gasteiger partial charge in [-0.15, -0.1) is 0 Å². The van der Waals surface area contributed by atoms with Gasteiger partial charge in [0.1, 0.15) is 5.78 Å². The first-order chi connectivity index (χ1) is 23.7. The van der Waals surface area contributed by atoms with Gasteiger partial charge in [0.2, 0.25) is 17.6 Å². The second-order valence-corrected chi connectivity index (χ2v) is 19.4. The Balaban J connectivity index is 1.38. The molecule has 3 aliphatic carbocycles. The maximum Gasteiger partial charge on any atom is 0.285 e. The van der Waals surface area contributed by atoms with Gasteiger partial charge in [-0.25, -0.2) is 0 Å². The monoisotopic (exact) mass is 710 g/mol. The lowest BCUT2D eigenvalue weighted by molar-refractivity contribution is -0.147. The highest BCUT2D eigenvalue weighted by atomic mass is 16.2. The number of hydrogen-bond acceptors (Lipinski definition) is 7. The molecule has 5 fully saturated rings. The molecule has 2 aliphatic heterocycles. The minimum absolute atomic E-state index is 0.00337. The Morgan fingerprint density at radius 1 is 0.863 bits per heavy atom. The first-order valence-corrected chi connectivity index (χ1v) is 19.9. The highest BCUT2D eigenvalue weighted by molar-refractivity contribution is 6.36. The molecule has 10 nitrogen and oxygen atoms in total. The van der Waals surface area contributed by atoms with Crippen LogP contribution < -0.4 is 11.1 Å². The van der Waals surface area contributed by atoms with E-state index in [4.69, 9.17) is 5.73 Å². The van der Waals surface area contributed by atoms with Crippen molar-refractivity contribution in [2.45, 2.75) is 151 Å². The van der Waals surface area contributed by atoms with Crippen molar-refractivity contribution in [1.82, 2.24) is 15.1 Å². The summed E-state index contributed by atoms with van der Waals surface area (Å²) in [5.74, 6) is -3.88. The van der Waals surface area contributed by atoms with Crippen molar-refractivity contribution < 1.29 is 28.8 Å². The molecule has 0 aromatic carbocycles. The number of fused-ring (bicyclic) bond motifs is 1. The van der Waals surface area contributed by atoms with E-state index in [1.807, 2.05) is 39.5 Å². The smallest absolute Gasteiger partial charge is 0.285 e. The van der Waals surface area contributed by atoms with Gasteiger partial charge in [0.15, 0.2) is 5.78 Å². The van der Waals surface area contributed by atoms with Crippen LogP contribution in [0.1, 0.15) is 133 Å². The van der Waals surface area contributed by atoms with Crippen LogP contribution in [-0.4, -0.2) is 82.6 Å². The van der Waals surface area contributed by atoms with Gasteiger partial charge < -0.3 is 20.9 Å². The summed E-state index contributed by atoms with van der Waals surface area (Å²) in [4.78, 5) is 85.8. The molecule has 2 spiro atoms. The van der Waals surface area contributed by atoms with Gasteiger partial charge in [-0.1, -0.05) is 74.1 Å². The minimum atomic E-state index is -1.01. The van der Waals surface area contributed by atoms with Crippen LogP contribution in [0.4, 0.5) is 0 Å². The molecule has 1 unspecified atom stereocenters. The van der Waals surface area contributed by atoms with E-state index in [0.717, 1.165) is 38.5 Å². The maximum absolute atomic E-state index is 14.9. The number of ketones is 3. The Morgan fingerprint density at radius 2 is 1.47 bits per heavy atom. The van der Waals surface area contributed by atoms with Crippen molar-refractivity contribution in [3.05, 3.63) is 0 Å². The average Bonchev–Trinajstić information content (AvgIpc) is 3.20. The fourth-order valence-electron chi connectivity index (χ4n) is 11.0. The molecule has 0 radical (unpaired) electrons. The molecule has 2 heterocycles. The largest absolute Gasteiger partial charge is 0.363 e. The molecule has 286 valence electrons. The molecule has 7 atom stereocenters. The van der Waals surface area contributed by atoms with Crippen molar-refractivity contribution in [3.8, 4) is 0 Å². The lowest BCUT2D eigenvalue weighted by Crippen LogP contribution is -2.57. The van der Waals surface area contributed by atoms with Crippen molar-refractivity contribution in [3.63, 3.8) is 0 Å². The van der Waals surface area contributed by atoms with Gasteiger partial charge in [0.25, 0.3) is 5.91 Å². The highest BCUT2D eigenvalue weighted by Crippen LogP contribution is 2.88. The second kappa shape index (κ2) is 14.3. The zero-order chi connectivity index (χ0) is 37.8. The number of rotatable bonds is 14. The lowest BCUT2D eigenvalue weighted by Gasteiger charge is -2.39. The number of nitrogens with two attached hydrogens (primary N) is 1. The van der Waals surface area contributed by atoms with Crippen LogP contribution in [-0.2, 0) is 28.8 Å². The predicted molar refractivity (Wildman–Crippen MR) is 196 cm³/mol. The van der Waals surface area contributed by atoms with Crippen LogP contribution in [0, 0.1) is 51.2 Å². The number of hydrogen-bond donors (Lipinski definition) is 2. The number of carbonyl (C=O) groups excluding carboxylic acids is 6. The Hall–Kier alpha value is -2.62. The first kappa shape index (κ1) is 39.6. The van der Waals surface area contributed by atoms with Gasteiger partial charge in [0.05, 0.1) is 6.04 Å². The summed E-state index contributed by atoms with van der Waals surface area (Å²) in [6, 6.07) is -0.383. The topological polar surface area (TPSA) is 147 Å². The van der Waals surface area contributed by atoms with E-state index in [1.54, 1.807) is 4.90 Å². The third-order valence-corrected chi connectivity index (χ3v) is 14.6. The van der Waals surface area contributed by atoms with Crippen LogP contribution in [0.2, 0.25) is 0 Å². The number of likely N-dealkylation sites (tertiary alicyclic amines) is 1. The number of primary amides is 1. The number of nitrogens with one attached hydrogen (secondary N) is 1. The van der Waals surface area contributed by atoms with E-state index in [0.29, 0.717) is 38.4 Å². The summed E-state index contributed by atoms with van der Waals surface area (Å²) < 4.78 is 0. The summed E-state index contributed by atoms with van der Waals surface area (Å²) in [5.41, 5.74) is 4.71. The van der Waals surface area contributed by atoms with Gasteiger partial charge in [0, 0.05) is 74.1 Å². The third-order valence-electron chi connectivity index (χ3n) is 14.6. The lowest BCUT2D eigenvalue weighted by atomic mass is 9.73. The first-order valence-electron chi connectivity index (χ1n) is 19.9. The van der Waals surface area contributed by atoms with Crippen LogP contribution >= 0.6 is 0 Å². The molecule has 0 bridgehead atoms. The SMILES string of the molecule is CC(C)[C@H](CC(=O)C[C@H](C(=O)N1C[C@]2(C[C@H]1C(=O)CC(CC1CCC1)C(=O)C(N)=O)C(C)(C)C21CCC1)C(C)(C)C)C(=O)N1C[C@H](C)N[C@@H](C)C1. The molecule has 2 saturated heterocycles. The zero-order valence-corrected chi connectivity index (χ0v) is 32.9. The number of amides is 3. The predicted octanol–water partition coefficient (Wildman–Crippen LogP) is 5.10. The van der Waals surface area contributed by atoms with Crippen molar-refractivity contribution >= 4 is 35.1 Å². The molecular weight excluding hydrogens is 644 g/mol. The molecule has 5 aliphatic rings. The number of carbonyl (C=O) groups is 6. The summed E-state index contributed by atoms with van der Waals surface area (Å²) >= 11 is 0. The molecule has 3 saturated carbocycles. The molecule has 0 aromatic rings. The van der Waals surface area contributed by atoms with E-state index >= 15 is 0 Å². The van der Waals surface area contributed by atoms with Gasteiger partial charge >= 0.3 is 0 Å². The summed E-state index contributed by atoms with van der Waals surface area (Å²) in [7, 11) is 0. The summed E-state index contributed by atoms with van der Waals surface area (Å²) in [6.07, 6.45) is 7.29. The molecule has 51 heavy (non-hydrogen) atoms. The van der Waals surface area contributed by atoms with Crippen LogP contribution in [0.5, 0.6) is 0 Å². The molecular formula is C41H66N4O6. The van der Waals surface area contributed by atoms with Gasteiger partial charge in [-0.3, -0.25) is 28.8 Å². The number of Topliss-reactive ketones (excluding diaryl/α,β-unsaturated/α-hetero) is 3.